The molecule has 3 N–H and O–H groups in total. The highest BCUT2D eigenvalue weighted by atomic mass is 32.1. The first-order valence-electron chi connectivity index (χ1n) is 9.87. The van der Waals surface area contributed by atoms with Crippen molar-refractivity contribution in [3.05, 3.63) is 54.3 Å². The molecule has 4 rings (SSSR count). The van der Waals surface area contributed by atoms with Crippen molar-refractivity contribution in [1.82, 2.24) is 5.32 Å². The van der Waals surface area contributed by atoms with E-state index in [4.69, 9.17) is 22.7 Å². The zero-order valence-corrected chi connectivity index (χ0v) is 17.3. The standard InChI is InChI=1S/C21H24FN5O2S/c22-18-12-16(27-14-17(29-21(27)28)13-24-20(23)30)6-7-19(18)26-10-8-25(9-11-26)15-4-2-1-3-5-15/h1-7,12,17H,8-11,13-14H2,(H3,23,24,30)/t17-/m0/s1. The van der Waals surface area contributed by atoms with Gasteiger partial charge < -0.3 is 25.6 Å². The monoisotopic (exact) mass is 429 g/mol. The molecule has 0 spiro atoms. The molecule has 0 bridgehead atoms. The SMILES string of the molecule is NC(=S)NC[C@H]1CN(c2ccc(N3CCN(c4ccccc4)CC3)c(F)c2)C(=O)O1. The molecular weight excluding hydrogens is 405 g/mol. The first-order valence-corrected chi connectivity index (χ1v) is 10.3. The average molecular weight is 430 g/mol. The van der Waals surface area contributed by atoms with Gasteiger partial charge in [0.25, 0.3) is 0 Å². The molecule has 1 atom stereocenters. The van der Waals surface area contributed by atoms with E-state index in [1.165, 1.54) is 16.7 Å². The smallest absolute Gasteiger partial charge is 0.414 e. The number of cyclic esters (lactones) is 1. The van der Waals surface area contributed by atoms with Crippen LogP contribution in [0.5, 0.6) is 0 Å². The minimum absolute atomic E-state index is 0.146. The van der Waals surface area contributed by atoms with E-state index in [0.717, 1.165) is 26.2 Å². The molecule has 0 saturated carbocycles. The van der Waals surface area contributed by atoms with Crippen LogP contribution in [0, 0.1) is 5.82 Å². The number of amides is 1. The number of rotatable bonds is 5. The Balaban J connectivity index is 1.39. The van der Waals surface area contributed by atoms with Crippen LogP contribution in [-0.2, 0) is 4.74 Å². The third kappa shape index (κ3) is 4.40. The van der Waals surface area contributed by atoms with Gasteiger partial charge in [-0.1, -0.05) is 18.2 Å². The van der Waals surface area contributed by atoms with Crippen molar-refractivity contribution in [3.8, 4) is 0 Å². The summed E-state index contributed by atoms with van der Waals surface area (Å²) in [7, 11) is 0. The second kappa shape index (κ2) is 8.74. The Labute approximate surface area is 180 Å². The topological polar surface area (TPSA) is 74.1 Å². The van der Waals surface area contributed by atoms with E-state index in [9.17, 15) is 9.18 Å². The zero-order valence-electron chi connectivity index (χ0n) is 16.5. The highest BCUT2D eigenvalue weighted by Gasteiger charge is 2.33. The molecule has 0 aliphatic carbocycles. The molecule has 0 aromatic heterocycles. The van der Waals surface area contributed by atoms with Crippen LogP contribution in [0.2, 0.25) is 0 Å². The van der Waals surface area contributed by atoms with Gasteiger partial charge in [0.15, 0.2) is 5.11 Å². The number of piperazine rings is 1. The molecule has 0 radical (unpaired) electrons. The normalized spacial score (nSPS) is 19.0. The summed E-state index contributed by atoms with van der Waals surface area (Å²) in [6, 6.07) is 15.1. The summed E-state index contributed by atoms with van der Waals surface area (Å²) in [4.78, 5) is 17.9. The van der Waals surface area contributed by atoms with Crippen LogP contribution in [0.4, 0.5) is 26.2 Å². The van der Waals surface area contributed by atoms with Crippen molar-refractivity contribution in [1.29, 1.82) is 0 Å². The third-order valence-electron chi connectivity index (χ3n) is 5.36. The summed E-state index contributed by atoms with van der Waals surface area (Å²) in [5.74, 6) is -0.349. The lowest BCUT2D eigenvalue weighted by Gasteiger charge is -2.37. The summed E-state index contributed by atoms with van der Waals surface area (Å²) in [5.41, 5.74) is 7.61. The average Bonchev–Trinajstić information content (AvgIpc) is 3.13. The van der Waals surface area contributed by atoms with E-state index in [0.29, 0.717) is 24.5 Å². The van der Waals surface area contributed by atoms with Gasteiger partial charge in [0.2, 0.25) is 0 Å². The lowest BCUT2D eigenvalue weighted by molar-refractivity contribution is 0.143. The lowest BCUT2D eigenvalue weighted by atomic mass is 10.2. The summed E-state index contributed by atoms with van der Waals surface area (Å²) in [6.07, 6.45) is -0.902. The Morgan fingerprint density at radius 3 is 2.47 bits per heavy atom. The third-order valence-corrected chi connectivity index (χ3v) is 5.51. The maximum Gasteiger partial charge on any atom is 0.414 e. The molecule has 2 aromatic carbocycles. The number of ether oxygens (including phenoxy) is 1. The Bertz CT molecular complexity index is 921. The predicted molar refractivity (Wildman–Crippen MR) is 120 cm³/mol. The molecule has 2 heterocycles. The van der Waals surface area contributed by atoms with Crippen LogP contribution in [0.15, 0.2) is 48.5 Å². The quantitative estimate of drug-likeness (QED) is 0.707. The van der Waals surface area contributed by atoms with E-state index >= 15 is 0 Å². The van der Waals surface area contributed by atoms with E-state index in [1.807, 2.05) is 23.1 Å². The largest absolute Gasteiger partial charge is 0.442 e. The Hall–Kier alpha value is -3.07. The van der Waals surface area contributed by atoms with Gasteiger partial charge in [-0.3, -0.25) is 4.90 Å². The van der Waals surface area contributed by atoms with Crippen LogP contribution in [-0.4, -0.2) is 56.6 Å². The van der Waals surface area contributed by atoms with Crippen molar-refractivity contribution < 1.29 is 13.9 Å². The molecule has 2 aliphatic rings. The number of nitrogens with two attached hydrogens (primary N) is 1. The van der Waals surface area contributed by atoms with Crippen molar-refractivity contribution >= 4 is 40.5 Å². The van der Waals surface area contributed by atoms with E-state index in [2.05, 4.69) is 22.3 Å². The number of nitrogens with zero attached hydrogens (tertiary/aromatic N) is 3. The number of anilines is 3. The molecule has 2 aliphatic heterocycles. The summed E-state index contributed by atoms with van der Waals surface area (Å²) < 4.78 is 20.2. The van der Waals surface area contributed by atoms with Crippen LogP contribution in [0.3, 0.4) is 0 Å². The fraction of sp³-hybridized carbons (Fsp3) is 0.333. The van der Waals surface area contributed by atoms with E-state index < -0.39 is 12.2 Å². The number of hydrogen-bond acceptors (Lipinski definition) is 5. The van der Waals surface area contributed by atoms with Gasteiger partial charge >= 0.3 is 6.09 Å². The van der Waals surface area contributed by atoms with Gasteiger partial charge in [-0.15, -0.1) is 0 Å². The van der Waals surface area contributed by atoms with Crippen molar-refractivity contribution in [3.63, 3.8) is 0 Å². The van der Waals surface area contributed by atoms with Crippen molar-refractivity contribution in [2.24, 2.45) is 5.73 Å². The molecular formula is C21H24FN5O2S. The number of halogens is 1. The molecule has 158 valence electrons. The number of carbonyl (C=O) groups excluding carboxylic acids is 1. The van der Waals surface area contributed by atoms with Crippen LogP contribution in [0.25, 0.3) is 0 Å². The van der Waals surface area contributed by atoms with E-state index in [-0.39, 0.29) is 10.9 Å². The molecule has 2 fully saturated rings. The van der Waals surface area contributed by atoms with Gasteiger partial charge in [-0.05, 0) is 42.5 Å². The minimum Gasteiger partial charge on any atom is -0.442 e. The molecule has 2 aromatic rings. The Kier molecular flexibility index (Phi) is 5.89. The molecule has 2 saturated heterocycles. The van der Waals surface area contributed by atoms with Crippen LogP contribution in [0.1, 0.15) is 0 Å². The fourth-order valence-corrected chi connectivity index (χ4v) is 3.90. The first-order chi connectivity index (χ1) is 14.5. The highest BCUT2D eigenvalue weighted by Crippen LogP contribution is 2.29. The number of nitrogens with one attached hydrogen (secondary N) is 1. The second-order valence-corrected chi connectivity index (χ2v) is 7.75. The summed E-state index contributed by atoms with van der Waals surface area (Å²) in [6.45, 7) is 3.73. The zero-order chi connectivity index (χ0) is 21.1. The van der Waals surface area contributed by atoms with Gasteiger partial charge in [-0.2, -0.15) is 0 Å². The molecule has 7 nitrogen and oxygen atoms in total. The number of carbonyl (C=O) groups is 1. The first kappa shape index (κ1) is 20.2. The van der Waals surface area contributed by atoms with Gasteiger partial charge in [0.05, 0.1) is 24.5 Å². The summed E-state index contributed by atoms with van der Waals surface area (Å²) >= 11 is 4.77. The Morgan fingerprint density at radius 2 is 1.80 bits per heavy atom. The number of benzene rings is 2. The fourth-order valence-electron chi connectivity index (χ4n) is 3.82. The van der Waals surface area contributed by atoms with Crippen LogP contribution < -0.4 is 25.8 Å². The van der Waals surface area contributed by atoms with Gasteiger partial charge in [0, 0.05) is 31.9 Å². The Morgan fingerprint density at radius 1 is 1.10 bits per heavy atom. The number of hydrogen-bond donors (Lipinski definition) is 2. The number of para-hydroxylation sites is 1. The number of thiocarbonyl (C=S) groups is 1. The van der Waals surface area contributed by atoms with Crippen molar-refractivity contribution in [2.45, 2.75) is 6.10 Å². The summed E-state index contributed by atoms with van der Waals surface area (Å²) in [5, 5.41) is 2.93. The maximum absolute atomic E-state index is 14.9. The molecule has 1 amide bonds. The minimum atomic E-state index is -0.506. The molecule has 9 heteroatoms. The second-order valence-electron chi connectivity index (χ2n) is 7.31. The maximum atomic E-state index is 14.9. The van der Waals surface area contributed by atoms with Gasteiger partial charge in [-0.25, -0.2) is 9.18 Å². The van der Waals surface area contributed by atoms with E-state index in [1.54, 1.807) is 12.1 Å². The van der Waals surface area contributed by atoms with Crippen LogP contribution >= 0.6 is 12.2 Å². The lowest BCUT2D eigenvalue weighted by Crippen LogP contribution is -2.46. The van der Waals surface area contributed by atoms with Crippen molar-refractivity contribution in [2.75, 3.05) is 54.0 Å². The predicted octanol–water partition coefficient (Wildman–Crippen LogP) is 2.31. The highest BCUT2D eigenvalue weighted by molar-refractivity contribution is 7.80. The molecule has 0 unspecified atom stereocenters. The molecule has 30 heavy (non-hydrogen) atoms. The van der Waals surface area contributed by atoms with Gasteiger partial charge in [0.1, 0.15) is 11.9 Å².